The van der Waals surface area contributed by atoms with Gasteiger partial charge in [0.25, 0.3) is 5.91 Å². The van der Waals surface area contributed by atoms with Crippen LogP contribution < -0.4 is 10.1 Å². The smallest absolute Gasteiger partial charge is 0.251 e. The molecule has 1 amide bonds. The molecule has 0 bridgehead atoms. The highest BCUT2D eigenvalue weighted by Gasteiger charge is 2.14. The number of nitrogens with zero attached hydrogens (tertiary/aromatic N) is 3. The Morgan fingerprint density at radius 2 is 1.71 bits per heavy atom. The lowest BCUT2D eigenvalue weighted by molar-refractivity contribution is 0.0950. The number of hydrogen-bond donors (Lipinski definition) is 1. The van der Waals surface area contributed by atoms with Gasteiger partial charge in [0.15, 0.2) is 0 Å². The SMILES string of the molecule is CC.CC.Cc1c(Oc2ccnc3cc(C#N)ccc23)cccc1C(=O)NCc1ccncc1. The number of amides is 1. The van der Waals surface area contributed by atoms with E-state index in [0.29, 0.717) is 34.7 Å². The molecule has 0 fully saturated rings. The number of nitrogens with one attached hydrogen (secondary N) is 1. The number of fused-ring (bicyclic) bond motifs is 1. The Hall–Kier alpha value is -4.24. The minimum absolute atomic E-state index is 0.173. The molecule has 0 aliphatic carbocycles. The van der Waals surface area contributed by atoms with Crippen LogP contribution in [0.2, 0.25) is 0 Å². The highest BCUT2D eigenvalue weighted by Crippen LogP contribution is 2.32. The number of nitriles is 1. The summed E-state index contributed by atoms with van der Waals surface area (Å²) in [7, 11) is 0. The number of rotatable bonds is 5. The Bertz CT molecular complexity index is 1260. The van der Waals surface area contributed by atoms with Gasteiger partial charge in [-0.2, -0.15) is 5.26 Å². The van der Waals surface area contributed by atoms with Crippen LogP contribution in [0.15, 0.2) is 73.2 Å². The maximum absolute atomic E-state index is 12.7. The molecule has 6 heteroatoms. The van der Waals surface area contributed by atoms with Crippen molar-refractivity contribution < 1.29 is 9.53 Å². The van der Waals surface area contributed by atoms with Crippen LogP contribution in [0.3, 0.4) is 0 Å². The van der Waals surface area contributed by atoms with Crippen LogP contribution in [0.5, 0.6) is 11.5 Å². The number of hydrogen-bond acceptors (Lipinski definition) is 5. The van der Waals surface area contributed by atoms with E-state index in [2.05, 4.69) is 21.4 Å². The van der Waals surface area contributed by atoms with Crippen LogP contribution >= 0.6 is 0 Å². The Balaban J connectivity index is 0.000000970. The third kappa shape index (κ3) is 6.39. The topological polar surface area (TPSA) is 87.9 Å². The number of carbonyl (C=O) groups is 1. The van der Waals surface area contributed by atoms with Gasteiger partial charge < -0.3 is 10.1 Å². The number of pyridine rings is 2. The highest BCUT2D eigenvalue weighted by molar-refractivity contribution is 5.96. The van der Waals surface area contributed by atoms with Crippen molar-refractivity contribution in [2.45, 2.75) is 41.2 Å². The molecule has 0 atom stereocenters. The predicted octanol–water partition coefficient (Wildman–Crippen LogP) is 6.58. The number of aromatic nitrogens is 2. The van der Waals surface area contributed by atoms with Crippen LogP contribution in [-0.4, -0.2) is 15.9 Å². The van der Waals surface area contributed by atoms with Crippen molar-refractivity contribution in [1.29, 1.82) is 5.26 Å². The van der Waals surface area contributed by atoms with Crippen LogP contribution in [0, 0.1) is 18.3 Å². The predicted molar refractivity (Wildman–Crippen MR) is 136 cm³/mol. The third-order valence-electron chi connectivity index (χ3n) is 4.78. The highest BCUT2D eigenvalue weighted by atomic mass is 16.5. The largest absolute Gasteiger partial charge is 0.456 e. The van der Waals surface area contributed by atoms with Crippen molar-refractivity contribution in [3.05, 3.63) is 95.4 Å². The quantitative estimate of drug-likeness (QED) is 0.368. The first-order valence-electron chi connectivity index (χ1n) is 11.4. The average molecular weight is 455 g/mol. The maximum atomic E-state index is 12.7. The van der Waals surface area contributed by atoms with E-state index < -0.39 is 0 Å². The van der Waals surface area contributed by atoms with Crippen LogP contribution in [0.4, 0.5) is 0 Å². The van der Waals surface area contributed by atoms with Crippen LogP contribution in [0.25, 0.3) is 10.9 Å². The van der Waals surface area contributed by atoms with E-state index in [1.807, 2.05) is 58.9 Å². The van der Waals surface area contributed by atoms with Crippen molar-refractivity contribution >= 4 is 16.8 Å². The van der Waals surface area contributed by atoms with Gasteiger partial charge in [-0.05, 0) is 61.0 Å². The molecule has 34 heavy (non-hydrogen) atoms. The number of ether oxygens (including phenoxy) is 1. The molecule has 6 nitrogen and oxygen atoms in total. The standard InChI is InChI=1S/C24H18N4O2.2C2H6/c1-16-19(24(29)28-15-17-7-10-26-11-8-17)3-2-4-22(16)30-23-9-12-27-21-13-18(14-25)5-6-20(21)23;2*1-2/h2-13H,15H2,1H3,(H,28,29);2*1-2H3. The van der Waals surface area contributed by atoms with Gasteiger partial charge >= 0.3 is 0 Å². The van der Waals surface area contributed by atoms with Crippen molar-refractivity contribution in [1.82, 2.24) is 15.3 Å². The summed E-state index contributed by atoms with van der Waals surface area (Å²) in [6, 6.07) is 18.3. The van der Waals surface area contributed by atoms with Crippen LogP contribution in [-0.2, 0) is 6.54 Å². The van der Waals surface area contributed by atoms with Gasteiger partial charge in [-0.25, -0.2) is 0 Å². The molecule has 0 saturated heterocycles. The molecule has 0 unspecified atom stereocenters. The Kier molecular flexibility index (Phi) is 10.2. The molecule has 4 rings (SSSR count). The van der Waals surface area contributed by atoms with Gasteiger partial charge in [-0.15, -0.1) is 0 Å². The van der Waals surface area contributed by atoms with Gasteiger partial charge in [0.1, 0.15) is 11.5 Å². The normalized spacial score (nSPS) is 9.53. The summed E-state index contributed by atoms with van der Waals surface area (Å²) in [5.74, 6) is 1.03. The first kappa shape index (κ1) is 26.0. The van der Waals surface area contributed by atoms with Crippen molar-refractivity contribution in [2.75, 3.05) is 0 Å². The molecule has 2 heterocycles. The molecule has 2 aromatic carbocycles. The minimum atomic E-state index is -0.173. The third-order valence-corrected chi connectivity index (χ3v) is 4.78. The summed E-state index contributed by atoms with van der Waals surface area (Å²) in [4.78, 5) is 21.0. The average Bonchev–Trinajstić information content (AvgIpc) is 2.91. The lowest BCUT2D eigenvalue weighted by atomic mass is 10.1. The molecule has 4 aromatic rings. The lowest BCUT2D eigenvalue weighted by Gasteiger charge is -2.14. The van der Waals surface area contributed by atoms with Crippen molar-refractivity contribution in [3.8, 4) is 17.6 Å². The summed E-state index contributed by atoms with van der Waals surface area (Å²) in [5, 5.41) is 12.8. The fraction of sp³-hybridized carbons (Fsp3) is 0.214. The fourth-order valence-corrected chi connectivity index (χ4v) is 3.15. The van der Waals surface area contributed by atoms with E-state index in [-0.39, 0.29) is 5.91 Å². The van der Waals surface area contributed by atoms with E-state index in [1.54, 1.807) is 48.9 Å². The van der Waals surface area contributed by atoms with E-state index in [4.69, 9.17) is 10.00 Å². The van der Waals surface area contributed by atoms with Crippen molar-refractivity contribution in [2.24, 2.45) is 0 Å². The molecular weight excluding hydrogens is 424 g/mol. The molecule has 1 N–H and O–H groups in total. The summed E-state index contributed by atoms with van der Waals surface area (Å²) in [6.45, 7) is 10.3. The molecule has 0 radical (unpaired) electrons. The van der Waals surface area contributed by atoms with Crippen molar-refractivity contribution in [3.63, 3.8) is 0 Å². The fourth-order valence-electron chi connectivity index (χ4n) is 3.15. The zero-order valence-electron chi connectivity index (χ0n) is 20.3. The van der Waals surface area contributed by atoms with Gasteiger partial charge in [0.05, 0.1) is 17.1 Å². The monoisotopic (exact) mass is 454 g/mol. The Morgan fingerprint density at radius 1 is 0.971 bits per heavy atom. The molecular formula is C28H30N4O2. The van der Waals surface area contributed by atoms with Gasteiger partial charge in [-0.1, -0.05) is 33.8 Å². The molecule has 0 aliphatic heterocycles. The molecule has 174 valence electrons. The lowest BCUT2D eigenvalue weighted by Crippen LogP contribution is -2.23. The molecule has 2 aromatic heterocycles. The summed E-state index contributed by atoms with van der Waals surface area (Å²) < 4.78 is 6.14. The summed E-state index contributed by atoms with van der Waals surface area (Å²) in [6.07, 6.45) is 5.03. The summed E-state index contributed by atoms with van der Waals surface area (Å²) >= 11 is 0. The second-order valence-electron chi connectivity index (χ2n) is 6.72. The maximum Gasteiger partial charge on any atom is 0.251 e. The first-order valence-corrected chi connectivity index (χ1v) is 11.4. The Labute approximate surface area is 201 Å². The van der Waals surface area contributed by atoms with E-state index in [0.717, 1.165) is 16.5 Å². The van der Waals surface area contributed by atoms with Crippen LogP contribution in [0.1, 0.15) is 54.7 Å². The first-order chi connectivity index (χ1) is 16.7. The van der Waals surface area contributed by atoms with Gasteiger partial charge in [0.2, 0.25) is 0 Å². The second kappa shape index (κ2) is 13.3. The summed E-state index contributed by atoms with van der Waals surface area (Å²) in [5.41, 5.74) is 3.48. The number of benzene rings is 2. The zero-order chi connectivity index (χ0) is 24.9. The molecule has 0 saturated carbocycles. The number of carbonyl (C=O) groups excluding carboxylic acids is 1. The van der Waals surface area contributed by atoms with E-state index in [1.165, 1.54) is 0 Å². The van der Waals surface area contributed by atoms with E-state index >= 15 is 0 Å². The Morgan fingerprint density at radius 3 is 2.41 bits per heavy atom. The zero-order valence-corrected chi connectivity index (χ0v) is 20.3. The molecule has 0 spiro atoms. The molecule has 0 aliphatic rings. The second-order valence-corrected chi connectivity index (χ2v) is 6.72. The van der Waals surface area contributed by atoms with Gasteiger partial charge in [-0.3, -0.25) is 14.8 Å². The minimum Gasteiger partial charge on any atom is -0.456 e. The van der Waals surface area contributed by atoms with E-state index in [9.17, 15) is 4.79 Å². The van der Waals surface area contributed by atoms with Gasteiger partial charge in [0, 0.05) is 41.6 Å².